The number of nitrogens with one attached hydrogen (secondary N) is 1. The molecule has 0 spiro atoms. The standard InChI is InChI=1S/C20H19FN2O2S/c21-16-5-1-14(2-6-16)11-12-23-13-15-3-7-17(8-4-15)25-19-10-9-18(26-19)20(22)24/h1-10,23H,11-13H2,(H2,22,24). The molecule has 0 aliphatic rings. The molecule has 134 valence electrons. The summed E-state index contributed by atoms with van der Waals surface area (Å²) >= 11 is 1.22. The van der Waals surface area contributed by atoms with Crippen molar-refractivity contribution in [3.05, 3.63) is 82.5 Å². The fourth-order valence-corrected chi connectivity index (χ4v) is 3.14. The Kier molecular flexibility index (Phi) is 5.99. The summed E-state index contributed by atoms with van der Waals surface area (Å²) in [6.45, 7) is 1.56. The largest absolute Gasteiger partial charge is 0.447 e. The van der Waals surface area contributed by atoms with E-state index in [9.17, 15) is 9.18 Å². The average Bonchev–Trinajstić information content (AvgIpc) is 3.10. The van der Waals surface area contributed by atoms with Crippen LogP contribution in [0.25, 0.3) is 0 Å². The van der Waals surface area contributed by atoms with Gasteiger partial charge in [0.1, 0.15) is 11.6 Å². The summed E-state index contributed by atoms with van der Waals surface area (Å²) in [5.74, 6) is 0.0438. The third-order valence-corrected chi connectivity index (χ3v) is 4.78. The molecule has 4 nitrogen and oxygen atoms in total. The van der Waals surface area contributed by atoms with Gasteiger partial charge in [0.15, 0.2) is 5.06 Å². The highest BCUT2D eigenvalue weighted by molar-refractivity contribution is 7.15. The molecule has 0 saturated heterocycles. The molecule has 2 aromatic carbocycles. The van der Waals surface area contributed by atoms with Crippen LogP contribution in [0, 0.1) is 5.82 Å². The van der Waals surface area contributed by atoms with Crippen LogP contribution < -0.4 is 15.8 Å². The van der Waals surface area contributed by atoms with Crippen LogP contribution in [0.1, 0.15) is 20.8 Å². The number of thiophene rings is 1. The quantitative estimate of drug-likeness (QED) is 0.587. The highest BCUT2D eigenvalue weighted by Crippen LogP contribution is 2.29. The first-order valence-corrected chi connectivity index (χ1v) is 9.03. The number of nitrogens with two attached hydrogens (primary N) is 1. The molecule has 0 unspecified atom stereocenters. The van der Waals surface area contributed by atoms with Gasteiger partial charge >= 0.3 is 0 Å². The van der Waals surface area contributed by atoms with Gasteiger partial charge in [0.2, 0.25) is 0 Å². The van der Waals surface area contributed by atoms with Crippen molar-refractivity contribution in [3.63, 3.8) is 0 Å². The second kappa shape index (κ2) is 8.60. The van der Waals surface area contributed by atoms with Crippen LogP contribution in [0.15, 0.2) is 60.7 Å². The van der Waals surface area contributed by atoms with E-state index in [4.69, 9.17) is 10.5 Å². The molecule has 1 heterocycles. The van der Waals surface area contributed by atoms with E-state index in [1.165, 1.54) is 23.5 Å². The summed E-state index contributed by atoms with van der Waals surface area (Å²) in [6, 6.07) is 17.7. The molecule has 0 bridgehead atoms. The van der Waals surface area contributed by atoms with Crippen LogP contribution in [-0.2, 0) is 13.0 Å². The van der Waals surface area contributed by atoms with Gasteiger partial charge in [-0.05, 0) is 60.5 Å². The molecule has 0 saturated carbocycles. The SMILES string of the molecule is NC(=O)c1ccc(Oc2ccc(CNCCc3ccc(F)cc3)cc2)s1. The number of carbonyl (C=O) groups excluding carboxylic acids is 1. The van der Waals surface area contributed by atoms with Crippen molar-refractivity contribution in [2.75, 3.05) is 6.54 Å². The van der Waals surface area contributed by atoms with Crippen molar-refractivity contribution in [3.8, 4) is 10.8 Å². The zero-order valence-electron chi connectivity index (χ0n) is 14.1. The van der Waals surface area contributed by atoms with Gasteiger partial charge in [0.05, 0.1) is 4.88 Å². The van der Waals surface area contributed by atoms with E-state index in [1.807, 2.05) is 24.3 Å². The smallest absolute Gasteiger partial charge is 0.258 e. The van der Waals surface area contributed by atoms with Crippen molar-refractivity contribution in [1.82, 2.24) is 5.32 Å². The van der Waals surface area contributed by atoms with Gasteiger partial charge in [-0.15, -0.1) is 0 Å². The second-order valence-electron chi connectivity index (χ2n) is 5.78. The Balaban J connectivity index is 1.45. The number of amides is 1. The van der Waals surface area contributed by atoms with E-state index >= 15 is 0 Å². The highest BCUT2D eigenvalue weighted by atomic mass is 32.1. The Bertz CT molecular complexity index is 860. The zero-order valence-corrected chi connectivity index (χ0v) is 14.9. The first-order chi connectivity index (χ1) is 12.6. The summed E-state index contributed by atoms with van der Waals surface area (Å²) in [6.07, 6.45) is 0.849. The minimum Gasteiger partial charge on any atom is -0.447 e. The average molecular weight is 370 g/mol. The Morgan fingerprint density at radius 1 is 1.00 bits per heavy atom. The summed E-state index contributed by atoms with van der Waals surface area (Å²) in [4.78, 5) is 11.6. The Labute approximate surface area is 155 Å². The Morgan fingerprint density at radius 3 is 2.35 bits per heavy atom. The number of ether oxygens (including phenoxy) is 1. The van der Waals surface area contributed by atoms with E-state index < -0.39 is 5.91 Å². The van der Waals surface area contributed by atoms with Gasteiger partial charge in [-0.2, -0.15) is 0 Å². The van der Waals surface area contributed by atoms with Crippen LogP contribution in [0.2, 0.25) is 0 Å². The molecular weight excluding hydrogens is 351 g/mol. The third-order valence-electron chi connectivity index (χ3n) is 3.80. The topological polar surface area (TPSA) is 64.4 Å². The number of primary amides is 1. The van der Waals surface area contributed by atoms with Crippen molar-refractivity contribution in [1.29, 1.82) is 0 Å². The molecule has 0 atom stereocenters. The van der Waals surface area contributed by atoms with Crippen LogP contribution in [0.3, 0.4) is 0 Å². The minimum atomic E-state index is -0.452. The van der Waals surface area contributed by atoms with Crippen LogP contribution >= 0.6 is 11.3 Å². The number of benzene rings is 2. The van der Waals surface area contributed by atoms with Crippen molar-refractivity contribution in [2.24, 2.45) is 5.73 Å². The predicted octanol–water partition coefficient (Wildman–Crippen LogP) is 4.11. The Morgan fingerprint density at radius 2 is 1.69 bits per heavy atom. The molecule has 0 fully saturated rings. The second-order valence-corrected chi connectivity index (χ2v) is 6.83. The highest BCUT2D eigenvalue weighted by Gasteiger charge is 2.06. The summed E-state index contributed by atoms with van der Waals surface area (Å²) in [7, 11) is 0. The molecule has 26 heavy (non-hydrogen) atoms. The van der Waals surface area contributed by atoms with E-state index in [0.717, 1.165) is 30.6 Å². The van der Waals surface area contributed by atoms with Crippen molar-refractivity contribution in [2.45, 2.75) is 13.0 Å². The number of hydrogen-bond acceptors (Lipinski definition) is 4. The van der Waals surface area contributed by atoms with E-state index in [2.05, 4.69) is 5.32 Å². The molecule has 6 heteroatoms. The lowest BCUT2D eigenvalue weighted by atomic mass is 10.1. The maximum Gasteiger partial charge on any atom is 0.258 e. The molecule has 0 aliphatic heterocycles. The Hall–Kier alpha value is -2.70. The van der Waals surface area contributed by atoms with Gasteiger partial charge < -0.3 is 15.8 Å². The van der Waals surface area contributed by atoms with E-state index in [-0.39, 0.29) is 5.82 Å². The van der Waals surface area contributed by atoms with Gasteiger partial charge in [0, 0.05) is 6.54 Å². The summed E-state index contributed by atoms with van der Waals surface area (Å²) in [5, 5.41) is 3.99. The molecule has 3 rings (SSSR count). The first kappa shape index (κ1) is 18.1. The van der Waals surface area contributed by atoms with Crippen molar-refractivity contribution >= 4 is 17.2 Å². The normalized spacial score (nSPS) is 10.7. The van der Waals surface area contributed by atoms with E-state index in [0.29, 0.717) is 15.7 Å². The first-order valence-electron chi connectivity index (χ1n) is 8.22. The van der Waals surface area contributed by atoms with Crippen LogP contribution in [-0.4, -0.2) is 12.5 Å². The molecule has 0 radical (unpaired) electrons. The fourth-order valence-electron chi connectivity index (χ4n) is 2.42. The molecule has 3 aromatic rings. The molecule has 1 amide bonds. The number of halogens is 1. The maximum atomic E-state index is 12.9. The maximum absolute atomic E-state index is 12.9. The van der Waals surface area contributed by atoms with Gasteiger partial charge in [0.25, 0.3) is 5.91 Å². The number of rotatable bonds is 8. The van der Waals surface area contributed by atoms with Gasteiger partial charge in [-0.1, -0.05) is 35.6 Å². The summed E-state index contributed by atoms with van der Waals surface area (Å²) < 4.78 is 18.6. The lowest BCUT2D eigenvalue weighted by Gasteiger charge is -2.07. The molecule has 0 aliphatic carbocycles. The number of hydrogen-bond donors (Lipinski definition) is 2. The minimum absolute atomic E-state index is 0.211. The number of carbonyl (C=O) groups is 1. The fraction of sp³-hybridized carbons (Fsp3) is 0.150. The molecule has 1 aromatic heterocycles. The summed E-state index contributed by atoms with van der Waals surface area (Å²) in [5.41, 5.74) is 7.48. The predicted molar refractivity (Wildman–Crippen MR) is 101 cm³/mol. The monoisotopic (exact) mass is 370 g/mol. The lowest BCUT2D eigenvalue weighted by molar-refractivity contribution is 0.100. The van der Waals surface area contributed by atoms with Gasteiger partial charge in [-0.3, -0.25) is 4.79 Å². The zero-order chi connectivity index (χ0) is 18.4. The molecule has 3 N–H and O–H groups in total. The van der Waals surface area contributed by atoms with Crippen molar-refractivity contribution < 1.29 is 13.9 Å². The third kappa shape index (κ3) is 5.15. The van der Waals surface area contributed by atoms with Crippen LogP contribution in [0.4, 0.5) is 4.39 Å². The molecular formula is C20H19FN2O2S. The van der Waals surface area contributed by atoms with E-state index in [1.54, 1.807) is 24.3 Å². The van der Waals surface area contributed by atoms with Crippen LogP contribution in [0.5, 0.6) is 10.8 Å². The lowest BCUT2D eigenvalue weighted by Crippen LogP contribution is -2.16. The van der Waals surface area contributed by atoms with Gasteiger partial charge in [-0.25, -0.2) is 4.39 Å².